The van der Waals surface area contributed by atoms with Gasteiger partial charge < -0.3 is 19.4 Å². The van der Waals surface area contributed by atoms with E-state index in [9.17, 15) is 9.59 Å². The summed E-state index contributed by atoms with van der Waals surface area (Å²) in [6.45, 7) is 0.557. The molecule has 7 nitrogen and oxygen atoms in total. The van der Waals surface area contributed by atoms with E-state index in [1.807, 2.05) is 18.2 Å². The Labute approximate surface area is 142 Å². The van der Waals surface area contributed by atoms with Gasteiger partial charge in [0.05, 0.1) is 10.9 Å². The molecule has 2 heterocycles. The quantitative estimate of drug-likeness (QED) is 0.789. The van der Waals surface area contributed by atoms with Gasteiger partial charge >= 0.3 is 0 Å². The fraction of sp³-hybridized carbons (Fsp3) is 0.167. The van der Waals surface area contributed by atoms with E-state index in [0.717, 1.165) is 5.56 Å². The van der Waals surface area contributed by atoms with Gasteiger partial charge in [-0.3, -0.25) is 9.59 Å². The lowest BCUT2D eigenvalue weighted by Gasteiger charge is -2.17. The lowest BCUT2D eigenvalue weighted by molar-refractivity contribution is 0.0773. The highest BCUT2D eigenvalue weighted by Crippen LogP contribution is 2.32. The van der Waals surface area contributed by atoms with E-state index in [-0.39, 0.29) is 24.1 Å². The number of para-hydroxylation sites is 1. The van der Waals surface area contributed by atoms with Crippen LogP contribution in [-0.2, 0) is 6.54 Å². The largest absolute Gasteiger partial charge is 0.454 e. The number of carbonyl (C=O) groups is 1. The monoisotopic (exact) mass is 337 g/mol. The second kappa shape index (κ2) is 5.94. The molecule has 0 saturated carbocycles. The average Bonchev–Trinajstić information content (AvgIpc) is 3.08. The van der Waals surface area contributed by atoms with Crippen molar-refractivity contribution in [3.8, 4) is 11.5 Å². The molecule has 1 aliphatic rings. The third kappa shape index (κ3) is 2.80. The molecule has 0 aliphatic carbocycles. The van der Waals surface area contributed by atoms with E-state index in [1.54, 1.807) is 31.3 Å². The van der Waals surface area contributed by atoms with Crippen molar-refractivity contribution in [1.82, 2.24) is 14.9 Å². The van der Waals surface area contributed by atoms with Crippen molar-refractivity contribution >= 4 is 16.8 Å². The fourth-order valence-electron chi connectivity index (χ4n) is 2.75. The zero-order chi connectivity index (χ0) is 17.4. The lowest BCUT2D eigenvalue weighted by Crippen LogP contribution is -2.29. The second-order valence-corrected chi connectivity index (χ2v) is 5.78. The molecule has 7 heteroatoms. The Morgan fingerprint density at radius 2 is 2.00 bits per heavy atom. The number of H-pyrrole nitrogens is 1. The van der Waals surface area contributed by atoms with Gasteiger partial charge in [0, 0.05) is 13.6 Å². The number of ether oxygens (including phenoxy) is 2. The molecule has 1 aliphatic heterocycles. The molecule has 0 bridgehead atoms. The van der Waals surface area contributed by atoms with Crippen molar-refractivity contribution in [3.63, 3.8) is 0 Å². The van der Waals surface area contributed by atoms with Crippen LogP contribution in [-0.4, -0.2) is 34.6 Å². The molecular formula is C18H15N3O4. The first-order valence-electron chi connectivity index (χ1n) is 7.75. The van der Waals surface area contributed by atoms with E-state index >= 15 is 0 Å². The van der Waals surface area contributed by atoms with Gasteiger partial charge in [-0.2, -0.15) is 0 Å². The summed E-state index contributed by atoms with van der Waals surface area (Å²) in [4.78, 5) is 33.0. The van der Waals surface area contributed by atoms with Crippen LogP contribution in [0.3, 0.4) is 0 Å². The smallest absolute Gasteiger partial charge is 0.289 e. The highest BCUT2D eigenvalue weighted by atomic mass is 16.7. The van der Waals surface area contributed by atoms with Gasteiger partial charge in [-0.15, -0.1) is 0 Å². The summed E-state index contributed by atoms with van der Waals surface area (Å²) in [7, 11) is 1.65. The Kier molecular flexibility index (Phi) is 3.61. The summed E-state index contributed by atoms with van der Waals surface area (Å²) in [6.07, 6.45) is 0. The number of nitrogens with one attached hydrogen (secondary N) is 1. The summed E-state index contributed by atoms with van der Waals surface area (Å²) in [5.41, 5.74) is 1.06. The molecule has 0 saturated heterocycles. The van der Waals surface area contributed by atoms with E-state index in [0.29, 0.717) is 28.9 Å². The number of carbonyl (C=O) groups excluding carboxylic acids is 1. The SMILES string of the molecule is CN(Cc1ccc2c(c1)OCO2)C(=O)c1nc2ccccc2c(=O)[nH]1. The summed E-state index contributed by atoms with van der Waals surface area (Å²) in [5, 5.41) is 0.456. The maximum absolute atomic E-state index is 12.6. The van der Waals surface area contributed by atoms with Crippen molar-refractivity contribution in [2.75, 3.05) is 13.8 Å². The third-order valence-electron chi connectivity index (χ3n) is 4.02. The molecule has 0 atom stereocenters. The minimum Gasteiger partial charge on any atom is -0.454 e. The van der Waals surface area contributed by atoms with Gasteiger partial charge in [0.15, 0.2) is 17.3 Å². The summed E-state index contributed by atoms with van der Waals surface area (Å²) in [5.74, 6) is 1.02. The number of fused-ring (bicyclic) bond motifs is 2. The van der Waals surface area contributed by atoms with Crippen LogP contribution >= 0.6 is 0 Å². The minimum absolute atomic E-state index is 0.0203. The Hall–Kier alpha value is -3.35. The predicted molar refractivity (Wildman–Crippen MR) is 90.7 cm³/mol. The normalized spacial score (nSPS) is 12.4. The number of benzene rings is 2. The number of aromatic amines is 1. The molecule has 2 aromatic carbocycles. The zero-order valence-corrected chi connectivity index (χ0v) is 13.5. The first kappa shape index (κ1) is 15.2. The van der Waals surface area contributed by atoms with Crippen LogP contribution in [0.15, 0.2) is 47.3 Å². The molecular weight excluding hydrogens is 322 g/mol. The molecule has 1 aromatic heterocycles. The van der Waals surface area contributed by atoms with E-state index in [4.69, 9.17) is 9.47 Å². The number of hydrogen-bond acceptors (Lipinski definition) is 5. The van der Waals surface area contributed by atoms with Gasteiger partial charge in [-0.05, 0) is 29.8 Å². The number of aromatic nitrogens is 2. The maximum atomic E-state index is 12.6. The topological polar surface area (TPSA) is 84.5 Å². The fourth-order valence-corrected chi connectivity index (χ4v) is 2.75. The molecule has 4 rings (SSSR count). The third-order valence-corrected chi connectivity index (χ3v) is 4.02. The molecule has 126 valence electrons. The Morgan fingerprint density at radius 3 is 2.88 bits per heavy atom. The van der Waals surface area contributed by atoms with Crippen LogP contribution in [0.5, 0.6) is 11.5 Å². The lowest BCUT2D eigenvalue weighted by atomic mass is 10.2. The average molecular weight is 337 g/mol. The van der Waals surface area contributed by atoms with E-state index in [1.165, 1.54) is 4.90 Å². The summed E-state index contributed by atoms with van der Waals surface area (Å²) in [6, 6.07) is 12.4. The zero-order valence-electron chi connectivity index (χ0n) is 13.5. The first-order valence-corrected chi connectivity index (χ1v) is 7.75. The molecule has 1 amide bonds. The van der Waals surface area contributed by atoms with Crippen molar-refractivity contribution in [2.24, 2.45) is 0 Å². The number of nitrogens with zero attached hydrogens (tertiary/aromatic N) is 2. The number of hydrogen-bond donors (Lipinski definition) is 1. The summed E-state index contributed by atoms with van der Waals surface area (Å²) >= 11 is 0. The van der Waals surface area contributed by atoms with Crippen LogP contribution < -0.4 is 15.0 Å². The minimum atomic E-state index is -0.361. The van der Waals surface area contributed by atoms with Crippen LogP contribution in [0, 0.1) is 0 Å². The van der Waals surface area contributed by atoms with Gasteiger partial charge in [0.25, 0.3) is 11.5 Å². The molecule has 0 radical (unpaired) electrons. The Morgan fingerprint density at radius 1 is 1.20 bits per heavy atom. The first-order chi connectivity index (χ1) is 12.1. The van der Waals surface area contributed by atoms with Crippen LogP contribution in [0.4, 0.5) is 0 Å². The van der Waals surface area contributed by atoms with Crippen LogP contribution in [0.2, 0.25) is 0 Å². The summed E-state index contributed by atoms with van der Waals surface area (Å²) < 4.78 is 10.6. The van der Waals surface area contributed by atoms with Gasteiger partial charge in [0.1, 0.15) is 0 Å². The predicted octanol–water partition coefficient (Wildman–Crippen LogP) is 1.92. The Bertz CT molecular complexity index is 1030. The second-order valence-electron chi connectivity index (χ2n) is 5.78. The molecule has 25 heavy (non-hydrogen) atoms. The van der Waals surface area contributed by atoms with E-state index < -0.39 is 0 Å². The van der Waals surface area contributed by atoms with Crippen LogP contribution in [0.25, 0.3) is 10.9 Å². The highest BCUT2D eigenvalue weighted by molar-refractivity contribution is 5.92. The Balaban J connectivity index is 1.59. The molecule has 1 N–H and O–H groups in total. The van der Waals surface area contributed by atoms with E-state index in [2.05, 4.69) is 9.97 Å². The van der Waals surface area contributed by atoms with Crippen molar-refractivity contribution in [2.45, 2.75) is 6.54 Å². The molecule has 0 spiro atoms. The van der Waals surface area contributed by atoms with Gasteiger partial charge in [0.2, 0.25) is 6.79 Å². The number of amides is 1. The standard InChI is InChI=1S/C18H15N3O4/c1-21(9-11-6-7-14-15(8-11)25-10-24-14)18(23)16-19-13-5-3-2-4-12(13)17(22)20-16/h2-8H,9-10H2,1H3,(H,19,20,22). The molecule has 3 aromatic rings. The van der Waals surface area contributed by atoms with Gasteiger partial charge in [-0.1, -0.05) is 18.2 Å². The molecule has 0 unspecified atom stereocenters. The number of rotatable bonds is 3. The highest BCUT2D eigenvalue weighted by Gasteiger charge is 2.18. The van der Waals surface area contributed by atoms with Gasteiger partial charge in [-0.25, -0.2) is 4.98 Å². The molecule has 0 fully saturated rings. The van der Waals surface area contributed by atoms with Crippen LogP contribution in [0.1, 0.15) is 16.2 Å². The van der Waals surface area contributed by atoms with Crippen molar-refractivity contribution in [3.05, 3.63) is 64.2 Å². The van der Waals surface area contributed by atoms with Crippen molar-refractivity contribution < 1.29 is 14.3 Å². The van der Waals surface area contributed by atoms with Crippen molar-refractivity contribution in [1.29, 1.82) is 0 Å². The maximum Gasteiger partial charge on any atom is 0.289 e.